The van der Waals surface area contributed by atoms with Crippen LogP contribution >= 0.6 is 0 Å². The van der Waals surface area contributed by atoms with Crippen LogP contribution in [0.1, 0.15) is 15.9 Å². The van der Waals surface area contributed by atoms with E-state index in [1.54, 1.807) is 6.07 Å². The highest BCUT2D eigenvalue weighted by molar-refractivity contribution is 6.12. The number of amides is 2. The number of hydrazine groups is 1. The van der Waals surface area contributed by atoms with E-state index in [0.29, 0.717) is 23.7 Å². The molecule has 0 radical (unpaired) electrons. The van der Waals surface area contributed by atoms with Crippen molar-refractivity contribution in [3.8, 4) is 11.1 Å². The molecular weight excluding hydrogens is 320 g/mol. The van der Waals surface area contributed by atoms with Gasteiger partial charge in [-0.05, 0) is 29.2 Å². The number of nitrogens with one attached hydrogen (secondary N) is 1. The van der Waals surface area contributed by atoms with Crippen molar-refractivity contribution in [3.63, 3.8) is 0 Å². The number of nitrogens with zero attached hydrogens (tertiary/aromatic N) is 1. The van der Waals surface area contributed by atoms with Crippen LogP contribution in [0.25, 0.3) is 22.0 Å². The zero-order valence-corrected chi connectivity index (χ0v) is 13.4. The lowest BCUT2D eigenvalue weighted by atomic mass is 10.0. The van der Waals surface area contributed by atoms with Crippen molar-refractivity contribution in [1.82, 2.24) is 4.98 Å². The van der Waals surface area contributed by atoms with Gasteiger partial charge in [-0.3, -0.25) is 9.59 Å². The van der Waals surface area contributed by atoms with Crippen LogP contribution < -0.4 is 16.6 Å². The summed E-state index contributed by atoms with van der Waals surface area (Å²) in [5.74, 6) is 5.09. The standard InChI is InChI=1S/C18H18N4O3/c19-17(25)16-14-5-4-13(9-15(14)21-18(16)22(20)10-24)12-3-1-2-11(8-12)6-7-23/h1-5,8-10,21,23H,6-7,20H2,(H2,19,25). The molecule has 0 spiro atoms. The summed E-state index contributed by atoms with van der Waals surface area (Å²) in [6, 6.07) is 13.3. The normalized spacial score (nSPS) is 10.8. The number of hydrogen-bond acceptors (Lipinski definition) is 4. The number of aromatic amines is 1. The molecule has 128 valence electrons. The van der Waals surface area contributed by atoms with Crippen LogP contribution in [0.3, 0.4) is 0 Å². The maximum absolute atomic E-state index is 11.8. The molecule has 0 saturated carbocycles. The SMILES string of the molecule is NC(=O)c1c(N(N)C=O)[nH]c2cc(-c3cccc(CCO)c3)ccc12. The van der Waals surface area contributed by atoms with Gasteiger partial charge < -0.3 is 15.8 Å². The molecule has 1 heterocycles. The average molecular weight is 338 g/mol. The van der Waals surface area contributed by atoms with Gasteiger partial charge in [-0.1, -0.05) is 36.4 Å². The Bertz CT molecular complexity index is 949. The Hall–Kier alpha value is -3.16. The maximum Gasteiger partial charge on any atom is 0.253 e. The number of anilines is 1. The molecule has 0 aliphatic carbocycles. The molecule has 0 fully saturated rings. The number of fused-ring (bicyclic) bond motifs is 1. The fourth-order valence-electron chi connectivity index (χ4n) is 2.89. The number of carbonyl (C=O) groups is 2. The Balaban J connectivity index is 2.13. The lowest BCUT2D eigenvalue weighted by molar-refractivity contribution is -0.107. The number of primary amides is 1. The fourth-order valence-corrected chi connectivity index (χ4v) is 2.89. The van der Waals surface area contributed by atoms with E-state index in [2.05, 4.69) is 4.98 Å². The third-order valence-electron chi connectivity index (χ3n) is 4.06. The third-order valence-corrected chi connectivity index (χ3v) is 4.06. The van der Waals surface area contributed by atoms with E-state index >= 15 is 0 Å². The summed E-state index contributed by atoms with van der Waals surface area (Å²) in [7, 11) is 0. The van der Waals surface area contributed by atoms with Crippen LogP contribution in [0, 0.1) is 0 Å². The van der Waals surface area contributed by atoms with Crippen LogP contribution in [0.15, 0.2) is 42.5 Å². The van der Waals surface area contributed by atoms with Gasteiger partial charge in [0.15, 0.2) is 0 Å². The molecular formula is C18H18N4O3. The molecule has 7 nitrogen and oxygen atoms in total. The van der Waals surface area contributed by atoms with Crippen molar-refractivity contribution in [1.29, 1.82) is 0 Å². The van der Waals surface area contributed by atoms with E-state index in [0.717, 1.165) is 21.7 Å². The minimum absolute atomic E-state index is 0.0858. The summed E-state index contributed by atoms with van der Waals surface area (Å²) in [4.78, 5) is 25.7. The zero-order chi connectivity index (χ0) is 18.0. The van der Waals surface area contributed by atoms with E-state index in [1.165, 1.54) is 0 Å². The molecule has 2 aromatic carbocycles. The topological polar surface area (TPSA) is 125 Å². The number of aliphatic hydroxyl groups excluding tert-OH is 1. The molecule has 0 aliphatic heterocycles. The molecule has 0 aliphatic rings. The second-order valence-electron chi connectivity index (χ2n) is 5.66. The van der Waals surface area contributed by atoms with Crippen molar-refractivity contribution in [3.05, 3.63) is 53.6 Å². The fraction of sp³-hybridized carbons (Fsp3) is 0.111. The van der Waals surface area contributed by atoms with E-state index < -0.39 is 5.91 Å². The number of aromatic nitrogens is 1. The molecule has 25 heavy (non-hydrogen) atoms. The molecule has 0 saturated heterocycles. The lowest BCUT2D eigenvalue weighted by Crippen LogP contribution is -2.31. The van der Waals surface area contributed by atoms with Gasteiger partial charge in [0.05, 0.1) is 5.56 Å². The first kappa shape index (κ1) is 16.7. The van der Waals surface area contributed by atoms with Crippen LogP contribution in [0.4, 0.5) is 5.82 Å². The largest absolute Gasteiger partial charge is 0.396 e. The number of rotatable bonds is 6. The van der Waals surface area contributed by atoms with Gasteiger partial charge in [0.1, 0.15) is 5.82 Å². The second-order valence-corrected chi connectivity index (χ2v) is 5.66. The van der Waals surface area contributed by atoms with Crippen molar-refractivity contribution >= 4 is 29.0 Å². The predicted molar refractivity (Wildman–Crippen MR) is 95.8 cm³/mol. The van der Waals surface area contributed by atoms with Crippen molar-refractivity contribution in [2.75, 3.05) is 11.6 Å². The molecule has 1 aromatic heterocycles. The zero-order valence-electron chi connectivity index (χ0n) is 13.4. The molecule has 7 heteroatoms. The number of nitrogens with two attached hydrogens (primary N) is 2. The van der Waals surface area contributed by atoms with Gasteiger partial charge >= 0.3 is 0 Å². The van der Waals surface area contributed by atoms with Gasteiger partial charge in [-0.25, -0.2) is 10.9 Å². The van der Waals surface area contributed by atoms with Gasteiger partial charge in [-0.2, -0.15) is 0 Å². The molecule has 0 unspecified atom stereocenters. The van der Waals surface area contributed by atoms with Gasteiger partial charge in [-0.15, -0.1) is 0 Å². The molecule has 3 rings (SSSR count). The second kappa shape index (κ2) is 6.76. The van der Waals surface area contributed by atoms with Crippen LogP contribution in [0.5, 0.6) is 0 Å². The molecule has 6 N–H and O–H groups in total. The quantitative estimate of drug-likeness (QED) is 0.234. The maximum atomic E-state index is 11.8. The molecule has 2 amide bonds. The Morgan fingerprint density at radius 1 is 1.20 bits per heavy atom. The highest BCUT2D eigenvalue weighted by atomic mass is 16.3. The number of carbonyl (C=O) groups excluding carboxylic acids is 2. The summed E-state index contributed by atoms with van der Waals surface area (Å²) in [5.41, 5.74) is 9.18. The lowest BCUT2D eigenvalue weighted by Gasteiger charge is -2.08. The summed E-state index contributed by atoms with van der Waals surface area (Å²) in [5, 5.41) is 10.5. The Morgan fingerprint density at radius 2 is 1.96 bits per heavy atom. The van der Waals surface area contributed by atoms with E-state index in [1.807, 2.05) is 36.4 Å². The summed E-state index contributed by atoms with van der Waals surface area (Å²) in [6.07, 6.45) is 0.979. The predicted octanol–water partition coefficient (Wildman–Crippen LogP) is 1.31. The van der Waals surface area contributed by atoms with E-state index in [9.17, 15) is 9.59 Å². The van der Waals surface area contributed by atoms with Gasteiger partial charge in [0.2, 0.25) is 6.41 Å². The van der Waals surface area contributed by atoms with Crippen LogP contribution in [0.2, 0.25) is 0 Å². The Kier molecular flexibility index (Phi) is 4.51. The molecule has 0 atom stereocenters. The highest BCUT2D eigenvalue weighted by Crippen LogP contribution is 2.31. The minimum atomic E-state index is -0.670. The summed E-state index contributed by atoms with van der Waals surface area (Å²) in [6.45, 7) is 0.0858. The summed E-state index contributed by atoms with van der Waals surface area (Å²) < 4.78 is 0. The van der Waals surface area contributed by atoms with Crippen molar-refractivity contribution in [2.24, 2.45) is 11.6 Å². The smallest absolute Gasteiger partial charge is 0.253 e. The first-order chi connectivity index (χ1) is 12.0. The molecule has 0 bridgehead atoms. The molecule has 3 aromatic rings. The summed E-state index contributed by atoms with van der Waals surface area (Å²) >= 11 is 0. The van der Waals surface area contributed by atoms with E-state index in [-0.39, 0.29) is 18.0 Å². The average Bonchev–Trinajstić information content (AvgIpc) is 3.00. The van der Waals surface area contributed by atoms with Gasteiger partial charge in [0.25, 0.3) is 5.91 Å². The first-order valence-electron chi connectivity index (χ1n) is 7.70. The van der Waals surface area contributed by atoms with Gasteiger partial charge in [0, 0.05) is 17.5 Å². The minimum Gasteiger partial charge on any atom is -0.396 e. The number of hydrogen-bond donors (Lipinski definition) is 4. The van der Waals surface area contributed by atoms with Crippen LogP contribution in [-0.4, -0.2) is 29.0 Å². The first-order valence-corrected chi connectivity index (χ1v) is 7.70. The van der Waals surface area contributed by atoms with E-state index in [4.69, 9.17) is 16.7 Å². The Morgan fingerprint density at radius 3 is 2.64 bits per heavy atom. The third kappa shape index (κ3) is 3.10. The van der Waals surface area contributed by atoms with Crippen molar-refractivity contribution in [2.45, 2.75) is 6.42 Å². The Labute approximate surface area is 143 Å². The highest BCUT2D eigenvalue weighted by Gasteiger charge is 2.19. The monoisotopic (exact) mass is 338 g/mol. The van der Waals surface area contributed by atoms with Crippen LogP contribution in [-0.2, 0) is 11.2 Å². The number of benzene rings is 2. The van der Waals surface area contributed by atoms with Crippen molar-refractivity contribution < 1.29 is 14.7 Å². The number of H-pyrrole nitrogens is 1. The number of aliphatic hydroxyl groups is 1.